The Morgan fingerprint density at radius 3 is 1.30 bits per heavy atom. The van der Waals surface area contributed by atoms with Crippen LogP contribution >= 0.6 is 12.4 Å². The first-order chi connectivity index (χ1) is 12.8. The van der Waals surface area contributed by atoms with Crippen LogP contribution in [0.5, 0.6) is 0 Å². The van der Waals surface area contributed by atoms with Crippen LogP contribution in [0.4, 0.5) is 0 Å². The lowest BCUT2D eigenvalue weighted by Crippen LogP contribution is -2.49. The molecule has 2 aromatic carbocycles. The number of aryl methyl sites for hydroxylation is 2. The van der Waals surface area contributed by atoms with Gasteiger partial charge in [0.05, 0.1) is 0 Å². The summed E-state index contributed by atoms with van der Waals surface area (Å²) >= 11 is 0. The van der Waals surface area contributed by atoms with Crippen LogP contribution in [0.2, 0.25) is 0 Å². The highest BCUT2D eigenvalue weighted by Gasteiger charge is 2.24. The van der Waals surface area contributed by atoms with Gasteiger partial charge in [0.15, 0.2) is 0 Å². The SMILES string of the molecule is CCc1ccc(CNC2CCCCC2NCc2ccc(CC)cc2)cc1.Cl. The Bertz CT molecular complexity index is 592. The summed E-state index contributed by atoms with van der Waals surface area (Å²) in [6, 6.07) is 19.3. The molecule has 0 amide bonds. The Morgan fingerprint density at radius 2 is 0.963 bits per heavy atom. The van der Waals surface area contributed by atoms with Crippen molar-refractivity contribution in [2.24, 2.45) is 0 Å². The molecule has 2 unspecified atom stereocenters. The van der Waals surface area contributed by atoms with E-state index in [0.29, 0.717) is 12.1 Å². The van der Waals surface area contributed by atoms with Gasteiger partial charge in [0.25, 0.3) is 0 Å². The third kappa shape index (κ3) is 6.64. The highest BCUT2D eigenvalue weighted by Crippen LogP contribution is 2.20. The van der Waals surface area contributed by atoms with E-state index in [1.165, 1.54) is 47.9 Å². The summed E-state index contributed by atoms with van der Waals surface area (Å²) < 4.78 is 0. The molecule has 2 atom stereocenters. The molecule has 1 saturated carbocycles. The van der Waals surface area contributed by atoms with Gasteiger partial charge in [-0.15, -0.1) is 12.4 Å². The largest absolute Gasteiger partial charge is 0.308 e. The summed E-state index contributed by atoms with van der Waals surface area (Å²) in [5, 5.41) is 7.63. The zero-order valence-corrected chi connectivity index (χ0v) is 17.7. The first-order valence-electron chi connectivity index (χ1n) is 10.4. The number of benzene rings is 2. The summed E-state index contributed by atoms with van der Waals surface area (Å²) in [4.78, 5) is 0. The van der Waals surface area contributed by atoms with Gasteiger partial charge in [-0.05, 0) is 47.9 Å². The van der Waals surface area contributed by atoms with Gasteiger partial charge in [-0.3, -0.25) is 0 Å². The molecule has 0 bridgehead atoms. The molecule has 27 heavy (non-hydrogen) atoms. The van der Waals surface area contributed by atoms with Crippen LogP contribution in [0.25, 0.3) is 0 Å². The van der Waals surface area contributed by atoms with Gasteiger partial charge in [-0.2, -0.15) is 0 Å². The molecule has 0 spiro atoms. The van der Waals surface area contributed by atoms with Gasteiger partial charge < -0.3 is 10.6 Å². The Kier molecular flexibility index (Phi) is 9.33. The fraction of sp³-hybridized carbons (Fsp3) is 0.500. The van der Waals surface area contributed by atoms with E-state index in [1.807, 2.05) is 0 Å². The van der Waals surface area contributed by atoms with Gasteiger partial charge in [-0.25, -0.2) is 0 Å². The van der Waals surface area contributed by atoms with Crippen molar-refractivity contribution in [1.82, 2.24) is 10.6 Å². The standard InChI is InChI=1S/C24H34N2.ClH/c1-3-19-9-13-21(14-10-19)17-25-23-7-5-6-8-24(23)26-18-22-15-11-20(4-2)12-16-22;/h9-16,23-26H,3-8,17-18H2,1-2H3;1H. The lowest BCUT2D eigenvalue weighted by atomic mass is 9.90. The Morgan fingerprint density at radius 1 is 0.630 bits per heavy atom. The second-order valence-electron chi connectivity index (χ2n) is 7.60. The molecule has 3 rings (SSSR count). The molecule has 0 heterocycles. The molecule has 0 saturated heterocycles. The molecule has 2 N–H and O–H groups in total. The lowest BCUT2D eigenvalue weighted by molar-refractivity contribution is 0.281. The molecule has 2 nitrogen and oxygen atoms in total. The van der Waals surface area contributed by atoms with E-state index in [9.17, 15) is 0 Å². The van der Waals surface area contributed by atoms with Crippen LogP contribution in [0.1, 0.15) is 61.8 Å². The zero-order valence-electron chi connectivity index (χ0n) is 16.8. The van der Waals surface area contributed by atoms with E-state index in [4.69, 9.17) is 0 Å². The fourth-order valence-corrected chi connectivity index (χ4v) is 3.90. The van der Waals surface area contributed by atoms with Crippen molar-refractivity contribution in [2.75, 3.05) is 0 Å². The van der Waals surface area contributed by atoms with Crippen LogP contribution < -0.4 is 10.6 Å². The van der Waals surface area contributed by atoms with Gasteiger partial charge in [-0.1, -0.05) is 75.2 Å². The summed E-state index contributed by atoms with van der Waals surface area (Å²) in [6.07, 6.45) is 7.47. The van der Waals surface area contributed by atoms with Crippen LogP contribution in [0.3, 0.4) is 0 Å². The van der Waals surface area contributed by atoms with E-state index < -0.39 is 0 Å². The van der Waals surface area contributed by atoms with E-state index in [2.05, 4.69) is 73.0 Å². The molecule has 0 radical (unpaired) electrons. The molecule has 1 aliphatic carbocycles. The number of hydrogen-bond acceptors (Lipinski definition) is 2. The van der Waals surface area contributed by atoms with Crippen LogP contribution in [-0.4, -0.2) is 12.1 Å². The minimum atomic E-state index is 0. The lowest BCUT2D eigenvalue weighted by Gasteiger charge is -2.33. The van der Waals surface area contributed by atoms with E-state index in [-0.39, 0.29) is 12.4 Å². The molecular formula is C24H35ClN2. The van der Waals surface area contributed by atoms with Gasteiger partial charge in [0, 0.05) is 25.2 Å². The monoisotopic (exact) mass is 386 g/mol. The van der Waals surface area contributed by atoms with Gasteiger partial charge in [0.1, 0.15) is 0 Å². The van der Waals surface area contributed by atoms with E-state index in [0.717, 1.165) is 25.9 Å². The van der Waals surface area contributed by atoms with Crippen molar-refractivity contribution in [3.63, 3.8) is 0 Å². The summed E-state index contributed by atoms with van der Waals surface area (Å²) in [6.45, 7) is 6.36. The maximum absolute atomic E-state index is 3.82. The Balaban J connectivity index is 0.00000261. The minimum Gasteiger partial charge on any atom is -0.308 e. The predicted molar refractivity (Wildman–Crippen MR) is 119 cm³/mol. The average Bonchev–Trinajstić information content (AvgIpc) is 2.72. The van der Waals surface area contributed by atoms with Crippen molar-refractivity contribution < 1.29 is 0 Å². The molecule has 148 valence electrons. The van der Waals surface area contributed by atoms with Crippen LogP contribution in [0, 0.1) is 0 Å². The van der Waals surface area contributed by atoms with Crippen molar-refractivity contribution in [3.05, 3.63) is 70.8 Å². The molecular weight excluding hydrogens is 352 g/mol. The van der Waals surface area contributed by atoms with Crippen molar-refractivity contribution in [1.29, 1.82) is 0 Å². The van der Waals surface area contributed by atoms with Gasteiger partial charge in [0.2, 0.25) is 0 Å². The maximum atomic E-state index is 3.82. The van der Waals surface area contributed by atoms with Crippen molar-refractivity contribution >= 4 is 12.4 Å². The molecule has 1 fully saturated rings. The normalized spacial score (nSPS) is 19.5. The molecule has 1 aliphatic rings. The predicted octanol–water partition coefficient (Wildman–Crippen LogP) is 5.42. The zero-order chi connectivity index (χ0) is 18.2. The smallest absolute Gasteiger partial charge is 0.0224 e. The Labute approximate surface area is 171 Å². The van der Waals surface area contributed by atoms with Crippen LogP contribution in [0.15, 0.2) is 48.5 Å². The minimum absolute atomic E-state index is 0. The number of nitrogens with one attached hydrogen (secondary N) is 2. The second kappa shape index (κ2) is 11.5. The van der Waals surface area contributed by atoms with Crippen LogP contribution in [-0.2, 0) is 25.9 Å². The molecule has 2 aromatic rings. The summed E-state index contributed by atoms with van der Waals surface area (Å²) in [5.74, 6) is 0. The topological polar surface area (TPSA) is 24.1 Å². The van der Waals surface area contributed by atoms with Gasteiger partial charge >= 0.3 is 0 Å². The highest BCUT2D eigenvalue weighted by atomic mass is 35.5. The maximum Gasteiger partial charge on any atom is 0.0224 e. The quantitative estimate of drug-likeness (QED) is 0.632. The first kappa shape index (κ1) is 21.9. The number of hydrogen-bond donors (Lipinski definition) is 2. The second-order valence-corrected chi connectivity index (χ2v) is 7.60. The number of halogens is 1. The van der Waals surface area contributed by atoms with Crippen molar-refractivity contribution in [2.45, 2.75) is 77.5 Å². The fourth-order valence-electron chi connectivity index (χ4n) is 3.90. The summed E-state index contributed by atoms with van der Waals surface area (Å²) in [7, 11) is 0. The third-order valence-corrected chi connectivity index (χ3v) is 5.77. The van der Waals surface area contributed by atoms with E-state index >= 15 is 0 Å². The number of rotatable bonds is 8. The third-order valence-electron chi connectivity index (χ3n) is 5.77. The average molecular weight is 387 g/mol. The highest BCUT2D eigenvalue weighted by molar-refractivity contribution is 5.85. The molecule has 3 heteroatoms. The summed E-state index contributed by atoms with van der Waals surface area (Å²) in [5.41, 5.74) is 5.61. The first-order valence-corrected chi connectivity index (χ1v) is 10.4. The van der Waals surface area contributed by atoms with Crippen molar-refractivity contribution in [3.8, 4) is 0 Å². The Hall–Kier alpha value is -1.35. The molecule has 0 aliphatic heterocycles. The van der Waals surface area contributed by atoms with E-state index in [1.54, 1.807) is 0 Å². The molecule has 0 aromatic heterocycles.